The second-order valence-corrected chi connectivity index (χ2v) is 7.79. The van der Waals surface area contributed by atoms with Gasteiger partial charge in [-0.05, 0) is 6.42 Å². The number of amides is 1. The number of methoxy groups -OCH3 is 1. The van der Waals surface area contributed by atoms with Gasteiger partial charge in [0.2, 0.25) is 15.9 Å². The molecule has 0 aliphatic carbocycles. The Kier molecular flexibility index (Phi) is 8.43. The van der Waals surface area contributed by atoms with Crippen molar-refractivity contribution in [2.45, 2.75) is 18.6 Å². The number of rotatable bonds is 8. The Hall–Kier alpha value is -1.39. The highest BCUT2D eigenvalue weighted by Crippen LogP contribution is 2.16. The lowest BCUT2D eigenvalue weighted by Gasteiger charge is -2.22. The minimum absolute atomic E-state index is 0.0173. The Bertz CT molecular complexity index is 535. The van der Waals surface area contributed by atoms with Crippen LogP contribution in [-0.4, -0.2) is 95.9 Å². The molecule has 1 saturated heterocycles. The third-order valence-electron chi connectivity index (χ3n) is 3.68. The average Bonchev–Trinajstić information content (AvgIpc) is 3.01. The molecule has 0 radical (unpaired) electrons. The summed E-state index contributed by atoms with van der Waals surface area (Å²) in [6, 6.07) is 0. The van der Waals surface area contributed by atoms with E-state index in [-0.39, 0.29) is 12.5 Å². The molecule has 0 aromatic rings. The average molecular weight is 363 g/mol. The van der Waals surface area contributed by atoms with Crippen LogP contribution in [0.1, 0.15) is 13.3 Å². The Labute approximate surface area is 144 Å². The summed E-state index contributed by atoms with van der Waals surface area (Å²) in [5, 5.41) is 2.65. The highest BCUT2D eigenvalue weighted by molar-refractivity contribution is 7.90. The summed E-state index contributed by atoms with van der Waals surface area (Å²) in [6.45, 7) is 4.11. The number of nitrogens with zero attached hydrogens (tertiary/aromatic N) is 3. The minimum atomic E-state index is -3.32. The summed E-state index contributed by atoms with van der Waals surface area (Å²) in [7, 11) is 1.62. The van der Waals surface area contributed by atoms with Gasteiger partial charge >= 0.3 is 0 Å². The number of sulfonamides is 1. The van der Waals surface area contributed by atoms with E-state index < -0.39 is 15.3 Å². The van der Waals surface area contributed by atoms with E-state index in [9.17, 15) is 13.2 Å². The molecule has 0 saturated carbocycles. The third-order valence-corrected chi connectivity index (χ3v) is 5.63. The molecule has 0 aromatic carbocycles. The van der Waals surface area contributed by atoms with Crippen LogP contribution < -0.4 is 10.0 Å². The first-order valence-electron chi connectivity index (χ1n) is 8.02. The summed E-state index contributed by atoms with van der Waals surface area (Å²) in [6.07, 6.45) is 0.530. The quantitative estimate of drug-likeness (QED) is 0.315. The van der Waals surface area contributed by atoms with Crippen molar-refractivity contribution in [3.8, 4) is 0 Å². The summed E-state index contributed by atoms with van der Waals surface area (Å²) < 4.78 is 31.8. The molecule has 10 heteroatoms. The topological polar surface area (TPSA) is 103 Å². The molecule has 1 heterocycles. The first-order valence-corrected chi connectivity index (χ1v) is 9.57. The molecule has 1 fully saturated rings. The van der Waals surface area contributed by atoms with E-state index in [1.54, 1.807) is 28.1 Å². The SMILES string of the molecule is CCNS(=O)(=O)C1CCN(C(=NCC(=O)N(C)C)NCCOC)C1. The minimum Gasteiger partial charge on any atom is -0.383 e. The van der Waals surface area contributed by atoms with Crippen molar-refractivity contribution >= 4 is 21.9 Å². The molecule has 140 valence electrons. The highest BCUT2D eigenvalue weighted by Gasteiger charge is 2.34. The Morgan fingerprint density at radius 2 is 2.12 bits per heavy atom. The number of likely N-dealkylation sites (N-methyl/N-ethyl adjacent to an activating group) is 1. The fourth-order valence-corrected chi connectivity index (χ4v) is 3.74. The van der Waals surface area contributed by atoms with Crippen LogP contribution in [0.4, 0.5) is 0 Å². The van der Waals surface area contributed by atoms with Crippen molar-refractivity contribution in [2.24, 2.45) is 4.99 Å². The van der Waals surface area contributed by atoms with E-state index in [4.69, 9.17) is 4.74 Å². The monoisotopic (exact) mass is 363 g/mol. The number of hydrogen-bond acceptors (Lipinski definition) is 5. The van der Waals surface area contributed by atoms with Gasteiger partial charge in [-0.15, -0.1) is 0 Å². The molecule has 24 heavy (non-hydrogen) atoms. The lowest BCUT2D eigenvalue weighted by atomic mass is 10.4. The lowest BCUT2D eigenvalue weighted by Crippen LogP contribution is -2.44. The molecule has 1 amide bonds. The van der Waals surface area contributed by atoms with E-state index in [1.165, 1.54) is 4.90 Å². The highest BCUT2D eigenvalue weighted by atomic mass is 32.2. The maximum Gasteiger partial charge on any atom is 0.243 e. The van der Waals surface area contributed by atoms with Crippen molar-refractivity contribution in [3.63, 3.8) is 0 Å². The van der Waals surface area contributed by atoms with Gasteiger partial charge in [0.05, 0.1) is 11.9 Å². The van der Waals surface area contributed by atoms with Crippen molar-refractivity contribution in [3.05, 3.63) is 0 Å². The molecule has 1 aliphatic rings. The van der Waals surface area contributed by atoms with Crippen LogP contribution in [0.2, 0.25) is 0 Å². The van der Waals surface area contributed by atoms with Gasteiger partial charge in [-0.3, -0.25) is 4.79 Å². The number of hydrogen-bond donors (Lipinski definition) is 2. The van der Waals surface area contributed by atoms with Crippen LogP contribution in [0.15, 0.2) is 4.99 Å². The molecule has 0 bridgehead atoms. The smallest absolute Gasteiger partial charge is 0.243 e. The van der Waals surface area contributed by atoms with Gasteiger partial charge in [-0.2, -0.15) is 0 Å². The van der Waals surface area contributed by atoms with Crippen molar-refractivity contribution < 1.29 is 17.9 Å². The van der Waals surface area contributed by atoms with Crippen molar-refractivity contribution in [1.82, 2.24) is 19.8 Å². The number of aliphatic imine (C=N–C) groups is 1. The summed E-state index contributed by atoms with van der Waals surface area (Å²) in [5.41, 5.74) is 0. The second kappa shape index (κ2) is 9.80. The van der Waals surface area contributed by atoms with E-state index in [2.05, 4.69) is 15.0 Å². The number of likely N-dealkylation sites (tertiary alicyclic amines) is 1. The molecular formula is C14H29N5O4S. The maximum atomic E-state index is 12.1. The van der Waals surface area contributed by atoms with Crippen LogP contribution in [0.5, 0.6) is 0 Å². The van der Waals surface area contributed by atoms with Gasteiger partial charge in [0.1, 0.15) is 6.54 Å². The molecule has 1 unspecified atom stereocenters. The van der Waals surface area contributed by atoms with E-state index in [0.717, 1.165) is 0 Å². The van der Waals surface area contributed by atoms with Gasteiger partial charge in [-0.25, -0.2) is 18.1 Å². The number of carbonyl (C=O) groups excluding carboxylic acids is 1. The van der Waals surface area contributed by atoms with E-state index in [0.29, 0.717) is 45.2 Å². The van der Waals surface area contributed by atoms with Crippen LogP contribution in [0.25, 0.3) is 0 Å². The predicted molar refractivity (Wildman–Crippen MR) is 93.4 cm³/mol. The maximum absolute atomic E-state index is 12.1. The first-order chi connectivity index (χ1) is 11.3. The van der Waals surface area contributed by atoms with Gasteiger partial charge in [0.15, 0.2) is 5.96 Å². The van der Waals surface area contributed by atoms with Crippen molar-refractivity contribution in [2.75, 3.05) is 60.5 Å². The van der Waals surface area contributed by atoms with Crippen LogP contribution in [-0.2, 0) is 19.6 Å². The number of carbonyl (C=O) groups is 1. The van der Waals surface area contributed by atoms with Gasteiger partial charge in [0.25, 0.3) is 0 Å². The second-order valence-electron chi connectivity index (χ2n) is 5.75. The van der Waals surface area contributed by atoms with Crippen LogP contribution >= 0.6 is 0 Å². The zero-order valence-corrected chi connectivity index (χ0v) is 15.7. The lowest BCUT2D eigenvalue weighted by molar-refractivity contribution is -0.127. The Morgan fingerprint density at radius 3 is 2.71 bits per heavy atom. The van der Waals surface area contributed by atoms with Gasteiger partial charge in [-0.1, -0.05) is 6.92 Å². The molecule has 2 N–H and O–H groups in total. The largest absolute Gasteiger partial charge is 0.383 e. The van der Waals surface area contributed by atoms with E-state index >= 15 is 0 Å². The van der Waals surface area contributed by atoms with E-state index in [1.807, 2.05) is 4.90 Å². The number of nitrogens with one attached hydrogen (secondary N) is 2. The molecule has 9 nitrogen and oxygen atoms in total. The number of ether oxygens (including phenoxy) is 1. The van der Waals surface area contributed by atoms with Gasteiger partial charge < -0.3 is 19.9 Å². The predicted octanol–water partition coefficient (Wildman–Crippen LogP) is -1.32. The zero-order valence-electron chi connectivity index (χ0n) is 14.9. The third kappa shape index (κ3) is 6.25. The molecule has 0 aromatic heterocycles. The fraction of sp³-hybridized carbons (Fsp3) is 0.857. The molecule has 1 rings (SSSR count). The summed E-state index contributed by atoms with van der Waals surface area (Å²) >= 11 is 0. The summed E-state index contributed by atoms with van der Waals surface area (Å²) in [4.78, 5) is 19.4. The molecule has 0 spiro atoms. The van der Waals surface area contributed by atoms with Crippen LogP contribution in [0.3, 0.4) is 0 Å². The standard InChI is InChI=1S/C14H29N5O4S/c1-5-17-24(21,22)12-6-8-19(11-12)14(15-7-9-23-4)16-10-13(20)18(2)3/h12,17H,5-11H2,1-4H3,(H,15,16). The van der Waals surface area contributed by atoms with Gasteiger partial charge in [0, 0.05) is 47.4 Å². The van der Waals surface area contributed by atoms with Crippen LogP contribution in [0, 0.1) is 0 Å². The normalized spacial score (nSPS) is 18.8. The number of guanidine groups is 1. The molecule has 1 atom stereocenters. The Morgan fingerprint density at radius 1 is 1.42 bits per heavy atom. The molecular weight excluding hydrogens is 334 g/mol. The fourth-order valence-electron chi connectivity index (χ4n) is 2.31. The molecule has 1 aliphatic heterocycles. The summed E-state index contributed by atoms with van der Waals surface area (Å²) in [5.74, 6) is 0.425. The van der Waals surface area contributed by atoms with Crippen molar-refractivity contribution in [1.29, 1.82) is 0 Å². The Balaban J connectivity index is 2.76. The zero-order chi connectivity index (χ0) is 18.2. The first kappa shape index (κ1) is 20.7.